The molecule has 0 saturated heterocycles. The summed E-state index contributed by atoms with van der Waals surface area (Å²) in [5.74, 6) is -0.367. The average Bonchev–Trinajstić information content (AvgIpc) is 2.52. The van der Waals surface area contributed by atoms with Crippen molar-refractivity contribution in [2.24, 2.45) is 0 Å². The van der Waals surface area contributed by atoms with Gasteiger partial charge in [0.2, 0.25) is 0 Å². The van der Waals surface area contributed by atoms with E-state index in [9.17, 15) is 13.2 Å². The third-order valence-corrected chi connectivity index (χ3v) is 4.40. The molecule has 0 bridgehead atoms. The van der Waals surface area contributed by atoms with Gasteiger partial charge >= 0.3 is 5.97 Å². The van der Waals surface area contributed by atoms with Crippen LogP contribution in [-0.4, -0.2) is 14.4 Å². The summed E-state index contributed by atoms with van der Waals surface area (Å²) in [6.45, 7) is 3.28. The predicted octanol–water partition coefficient (Wildman–Crippen LogP) is 2.96. The normalized spacial score (nSPS) is 11.2. The number of esters is 1. The number of carbonyl (C=O) groups excluding carboxylic acids is 1. The summed E-state index contributed by atoms with van der Waals surface area (Å²) in [6.07, 6.45) is 0. The van der Waals surface area contributed by atoms with E-state index in [2.05, 4.69) is 0 Å². The summed E-state index contributed by atoms with van der Waals surface area (Å²) in [5, 5.41) is 0. The molecule has 0 aliphatic heterocycles. The molecule has 23 heavy (non-hydrogen) atoms. The minimum atomic E-state index is -3.80. The number of ether oxygens (including phenoxy) is 1. The van der Waals surface area contributed by atoms with Crippen molar-refractivity contribution in [3.8, 4) is 0 Å². The first kappa shape index (κ1) is 17.2. The molecule has 0 aromatic heterocycles. The Morgan fingerprint density at radius 1 is 1.00 bits per heavy atom. The van der Waals surface area contributed by atoms with Gasteiger partial charge in [0.05, 0.1) is 11.5 Å². The van der Waals surface area contributed by atoms with Crippen LogP contribution in [0.15, 0.2) is 53.4 Å². The van der Waals surface area contributed by atoms with Gasteiger partial charge in [0.25, 0.3) is 10.1 Å². The molecule has 0 spiro atoms. The maximum absolute atomic E-state index is 12.1. The van der Waals surface area contributed by atoms with E-state index in [0.29, 0.717) is 5.56 Å². The van der Waals surface area contributed by atoms with Crippen molar-refractivity contribution in [2.75, 3.05) is 0 Å². The van der Waals surface area contributed by atoms with E-state index in [1.807, 2.05) is 6.92 Å². The van der Waals surface area contributed by atoms with Crippen molar-refractivity contribution in [3.05, 3.63) is 65.2 Å². The van der Waals surface area contributed by atoms with E-state index in [4.69, 9.17) is 8.92 Å². The standard InChI is InChI=1S/C17H18O5S/c1-13-6-8-17(9-7-13)23(19,20)22-12-16-5-3-4-15(10-16)11-21-14(2)18/h3-10H,11-12H2,1-2H3. The van der Waals surface area contributed by atoms with Crippen LogP contribution in [0.25, 0.3) is 0 Å². The Labute approximate surface area is 136 Å². The quantitative estimate of drug-likeness (QED) is 0.600. The van der Waals surface area contributed by atoms with E-state index in [1.54, 1.807) is 36.4 Å². The largest absolute Gasteiger partial charge is 0.461 e. The number of rotatable bonds is 6. The highest BCUT2D eigenvalue weighted by Crippen LogP contribution is 2.16. The van der Waals surface area contributed by atoms with Gasteiger partial charge in [-0.15, -0.1) is 0 Å². The van der Waals surface area contributed by atoms with Gasteiger partial charge in [-0.05, 0) is 30.2 Å². The Bertz CT molecular complexity index is 779. The molecule has 6 heteroatoms. The number of aryl methyl sites for hydroxylation is 1. The second-order valence-electron chi connectivity index (χ2n) is 5.13. The topological polar surface area (TPSA) is 69.7 Å². The van der Waals surface area contributed by atoms with Crippen molar-refractivity contribution in [2.45, 2.75) is 32.0 Å². The van der Waals surface area contributed by atoms with Crippen LogP contribution in [0.3, 0.4) is 0 Å². The number of hydrogen-bond donors (Lipinski definition) is 0. The first-order valence-corrected chi connectivity index (χ1v) is 8.45. The molecule has 5 nitrogen and oxygen atoms in total. The molecule has 0 atom stereocenters. The van der Waals surface area contributed by atoms with Gasteiger partial charge in [-0.2, -0.15) is 8.42 Å². The molecule has 2 aromatic rings. The zero-order chi connectivity index (χ0) is 16.9. The van der Waals surface area contributed by atoms with Gasteiger partial charge in [0.1, 0.15) is 6.61 Å². The molecule has 0 aliphatic carbocycles. The van der Waals surface area contributed by atoms with Gasteiger partial charge in [-0.1, -0.05) is 42.0 Å². The van der Waals surface area contributed by atoms with Crippen LogP contribution in [0, 0.1) is 6.92 Å². The molecule has 122 valence electrons. The van der Waals surface area contributed by atoms with Crippen LogP contribution >= 0.6 is 0 Å². The fourth-order valence-corrected chi connectivity index (χ4v) is 2.81. The van der Waals surface area contributed by atoms with Crippen molar-refractivity contribution in [3.63, 3.8) is 0 Å². The molecule has 0 amide bonds. The second-order valence-corrected chi connectivity index (χ2v) is 6.74. The highest BCUT2D eigenvalue weighted by molar-refractivity contribution is 7.86. The Hall–Kier alpha value is -2.18. The molecule has 0 heterocycles. The Balaban J connectivity index is 2.03. The van der Waals surface area contributed by atoms with Crippen molar-refractivity contribution >= 4 is 16.1 Å². The van der Waals surface area contributed by atoms with E-state index >= 15 is 0 Å². The lowest BCUT2D eigenvalue weighted by Gasteiger charge is -2.08. The SMILES string of the molecule is CC(=O)OCc1cccc(COS(=O)(=O)c2ccc(C)cc2)c1. The molecule has 0 saturated carbocycles. The third kappa shape index (κ3) is 5.19. The van der Waals surface area contributed by atoms with Crippen LogP contribution < -0.4 is 0 Å². The number of hydrogen-bond acceptors (Lipinski definition) is 5. The first-order chi connectivity index (χ1) is 10.9. The monoisotopic (exact) mass is 334 g/mol. The summed E-state index contributed by atoms with van der Waals surface area (Å²) in [7, 11) is -3.80. The summed E-state index contributed by atoms with van der Waals surface area (Å²) in [5.41, 5.74) is 2.43. The Morgan fingerprint density at radius 2 is 1.61 bits per heavy atom. The minimum Gasteiger partial charge on any atom is -0.461 e. The average molecular weight is 334 g/mol. The highest BCUT2D eigenvalue weighted by Gasteiger charge is 2.15. The molecule has 0 radical (unpaired) electrons. The van der Waals surface area contributed by atoms with Gasteiger partial charge in [-0.3, -0.25) is 8.98 Å². The van der Waals surface area contributed by atoms with Crippen LogP contribution in [-0.2, 0) is 37.0 Å². The van der Waals surface area contributed by atoms with Crippen molar-refractivity contribution in [1.82, 2.24) is 0 Å². The fraction of sp³-hybridized carbons (Fsp3) is 0.235. The molecule has 2 aromatic carbocycles. The van der Waals surface area contributed by atoms with Gasteiger partial charge < -0.3 is 4.74 Å². The van der Waals surface area contributed by atoms with Crippen LogP contribution in [0.2, 0.25) is 0 Å². The summed E-state index contributed by atoms with van der Waals surface area (Å²) in [6, 6.07) is 13.5. The molecular formula is C17H18O5S. The Morgan fingerprint density at radius 3 is 2.22 bits per heavy atom. The lowest BCUT2D eigenvalue weighted by atomic mass is 10.1. The summed E-state index contributed by atoms with van der Waals surface area (Å²) >= 11 is 0. The number of carbonyl (C=O) groups is 1. The maximum atomic E-state index is 12.1. The highest BCUT2D eigenvalue weighted by atomic mass is 32.2. The molecule has 2 rings (SSSR count). The van der Waals surface area contributed by atoms with Crippen LogP contribution in [0.5, 0.6) is 0 Å². The van der Waals surface area contributed by atoms with Crippen LogP contribution in [0.1, 0.15) is 23.6 Å². The van der Waals surface area contributed by atoms with Crippen molar-refractivity contribution in [1.29, 1.82) is 0 Å². The van der Waals surface area contributed by atoms with E-state index in [-0.39, 0.29) is 24.1 Å². The molecule has 0 N–H and O–H groups in total. The van der Waals surface area contributed by atoms with E-state index in [0.717, 1.165) is 11.1 Å². The molecular weight excluding hydrogens is 316 g/mol. The smallest absolute Gasteiger partial charge is 0.302 e. The van der Waals surface area contributed by atoms with E-state index < -0.39 is 10.1 Å². The first-order valence-electron chi connectivity index (χ1n) is 7.04. The van der Waals surface area contributed by atoms with Gasteiger partial charge in [0, 0.05) is 6.92 Å². The zero-order valence-corrected chi connectivity index (χ0v) is 13.8. The molecule has 0 unspecified atom stereocenters. The lowest BCUT2D eigenvalue weighted by Crippen LogP contribution is -2.07. The second kappa shape index (κ2) is 7.39. The van der Waals surface area contributed by atoms with Gasteiger partial charge in [0.15, 0.2) is 0 Å². The third-order valence-electron chi connectivity index (χ3n) is 3.12. The van der Waals surface area contributed by atoms with Crippen molar-refractivity contribution < 1.29 is 22.1 Å². The maximum Gasteiger partial charge on any atom is 0.302 e. The van der Waals surface area contributed by atoms with E-state index in [1.165, 1.54) is 19.1 Å². The van der Waals surface area contributed by atoms with Crippen LogP contribution in [0.4, 0.5) is 0 Å². The lowest BCUT2D eigenvalue weighted by molar-refractivity contribution is -0.142. The summed E-state index contributed by atoms with van der Waals surface area (Å²) < 4.78 is 34.2. The minimum absolute atomic E-state index is 0.0792. The fourth-order valence-electron chi connectivity index (χ4n) is 1.91. The molecule has 0 fully saturated rings. The predicted molar refractivity (Wildman–Crippen MR) is 85.1 cm³/mol. The Kier molecular flexibility index (Phi) is 5.52. The van der Waals surface area contributed by atoms with Gasteiger partial charge in [-0.25, -0.2) is 0 Å². The number of benzene rings is 2. The molecule has 0 aliphatic rings. The summed E-state index contributed by atoms with van der Waals surface area (Å²) in [4.78, 5) is 10.9. The zero-order valence-electron chi connectivity index (χ0n) is 13.0.